The van der Waals surface area contributed by atoms with E-state index in [2.05, 4.69) is 164 Å². The highest BCUT2D eigenvalue weighted by Gasteiger charge is 2.53. The average molecular weight is 735 g/mol. The first-order valence-electron chi connectivity index (χ1n) is 18.4. The van der Waals surface area contributed by atoms with Crippen LogP contribution in [0.2, 0.25) is 0 Å². The van der Waals surface area contributed by atoms with Crippen LogP contribution in [0.4, 0.5) is 0 Å². The van der Waals surface area contributed by atoms with Crippen molar-refractivity contribution < 1.29 is 8.83 Å². The molecule has 0 amide bonds. The van der Waals surface area contributed by atoms with Gasteiger partial charge in [-0.3, -0.25) is 4.57 Å². The Balaban J connectivity index is 1.20. The molecule has 1 radical (unpaired) electrons. The molecule has 0 spiro atoms. The van der Waals surface area contributed by atoms with E-state index in [1.54, 1.807) is 11.3 Å². The summed E-state index contributed by atoms with van der Waals surface area (Å²) in [5.74, 6) is 2.31. The molecule has 0 aliphatic heterocycles. The summed E-state index contributed by atoms with van der Waals surface area (Å²) in [5.41, 5.74) is 7.83. The number of aryl methyl sites for hydroxylation is 1. The van der Waals surface area contributed by atoms with E-state index < -0.39 is 13.8 Å². The fourth-order valence-electron chi connectivity index (χ4n) is 9.34. The Labute approximate surface area is 318 Å². The van der Waals surface area contributed by atoms with Gasteiger partial charge in [0.1, 0.15) is 14.6 Å². The van der Waals surface area contributed by atoms with Gasteiger partial charge in [-0.25, -0.2) is 4.98 Å². The van der Waals surface area contributed by atoms with Crippen LogP contribution in [0.25, 0.3) is 60.2 Å². The highest BCUT2D eigenvalue weighted by molar-refractivity contribution is 7.17. The van der Waals surface area contributed by atoms with Crippen LogP contribution in [0.3, 0.4) is 0 Å². The second-order valence-electron chi connectivity index (χ2n) is 15.3. The van der Waals surface area contributed by atoms with Gasteiger partial charge in [-0.05, 0) is 43.2 Å². The Bertz CT molecular complexity index is 3030. The molecule has 11 rings (SSSR count). The van der Waals surface area contributed by atoms with Crippen LogP contribution < -0.4 is 10.4 Å². The normalized spacial score (nSPS) is 16.5. The van der Waals surface area contributed by atoms with Crippen molar-refractivity contribution in [1.29, 1.82) is 0 Å². The Kier molecular flexibility index (Phi) is 6.62. The van der Waals surface area contributed by atoms with Crippen LogP contribution in [0, 0.1) is 0 Å². The Morgan fingerprint density at radius 1 is 0.667 bits per heavy atom. The number of hydrogen-bond donors (Lipinski definition) is 0. The molecule has 5 aromatic carbocycles. The van der Waals surface area contributed by atoms with Crippen LogP contribution in [-0.4, -0.2) is 22.9 Å². The predicted octanol–water partition coefficient (Wildman–Crippen LogP) is 10.5. The molecule has 0 saturated heterocycles. The molecular weight excluding hydrogens is 699 g/mol. The molecule has 54 heavy (non-hydrogen) atoms. The zero-order chi connectivity index (χ0) is 36.3. The summed E-state index contributed by atoms with van der Waals surface area (Å²) < 4.78 is 19.5. The summed E-state index contributed by atoms with van der Waals surface area (Å²) in [6.45, 7) is 7.05. The third-order valence-electron chi connectivity index (χ3n) is 11.8. The van der Waals surface area contributed by atoms with Crippen LogP contribution in [0.1, 0.15) is 43.2 Å². The van der Waals surface area contributed by atoms with E-state index >= 15 is 0 Å². The molecular formula is C47H36N3O2SSi. The van der Waals surface area contributed by atoms with E-state index in [-0.39, 0.29) is 5.41 Å². The van der Waals surface area contributed by atoms with Gasteiger partial charge in [0.2, 0.25) is 5.88 Å². The fourth-order valence-corrected chi connectivity index (χ4v) is 13.8. The van der Waals surface area contributed by atoms with Crippen LogP contribution >= 0.6 is 11.3 Å². The molecule has 5 aromatic heterocycles. The lowest BCUT2D eigenvalue weighted by Gasteiger charge is -2.46. The standard InChI is InChI=1S/C47H36N3O2SSi/c1-46(2)36-20-12-13-21-37(36)47(3,54(29-15-7-5-8-16-29)30-17-9-6-10-18-30)43-34-25-42(51-45(34)52-44(43)46)50-39-22-14-11-19-31(39)32-24-41-33(23-40(32)50)35(27-53-41)38-26-49(4)28-48-38/h5-28H,1-4H3. The van der Waals surface area contributed by atoms with Crippen molar-refractivity contribution in [2.24, 2.45) is 7.05 Å². The Hall–Kier alpha value is -5.89. The monoisotopic (exact) mass is 734 g/mol. The maximum absolute atomic E-state index is 7.05. The molecule has 0 N–H and O–H groups in total. The maximum Gasteiger partial charge on any atom is 0.299 e. The number of rotatable bonds is 5. The second-order valence-corrected chi connectivity index (χ2v) is 19.1. The van der Waals surface area contributed by atoms with E-state index in [1.165, 1.54) is 47.9 Å². The summed E-state index contributed by atoms with van der Waals surface area (Å²) in [7, 11) is 0.508. The van der Waals surface area contributed by atoms with Crippen molar-refractivity contribution in [2.75, 3.05) is 0 Å². The molecule has 0 saturated carbocycles. The number of thiophene rings is 1. The fraction of sp³-hybridized carbons (Fsp3) is 0.128. The van der Waals surface area contributed by atoms with Gasteiger partial charge in [0, 0.05) is 67.1 Å². The number of nitrogens with zero attached hydrogens (tertiary/aromatic N) is 3. The quantitative estimate of drug-likeness (QED) is 0.165. The van der Waals surface area contributed by atoms with Gasteiger partial charge in [0.05, 0.1) is 28.4 Å². The zero-order valence-electron chi connectivity index (χ0n) is 30.4. The molecule has 5 nitrogen and oxygen atoms in total. The number of para-hydroxylation sites is 1. The minimum atomic E-state index is -1.51. The van der Waals surface area contributed by atoms with E-state index in [0.29, 0.717) is 5.78 Å². The molecule has 1 aliphatic carbocycles. The summed E-state index contributed by atoms with van der Waals surface area (Å²) in [4.78, 5) is 4.71. The number of benzene rings is 5. The molecule has 10 aromatic rings. The van der Waals surface area contributed by atoms with Crippen LogP contribution in [0.5, 0.6) is 0 Å². The van der Waals surface area contributed by atoms with Gasteiger partial charge in [-0.2, -0.15) is 0 Å². The smallest absolute Gasteiger partial charge is 0.299 e. The van der Waals surface area contributed by atoms with E-state index in [0.717, 1.165) is 39.3 Å². The molecule has 261 valence electrons. The number of imidazole rings is 1. The Morgan fingerprint density at radius 2 is 1.35 bits per heavy atom. The third kappa shape index (κ3) is 4.28. The van der Waals surface area contributed by atoms with Gasteiger partial charge in [-0.1, -0.05) is 120 Å². The van der Waals surface area contributed by atoms with Crippen molar-refractivity contribution in [3.8, 4) is 17.1 Å². The lowest BCUT2D eigenvalue weighted by molar-refractivity contribution is 0.385. The lowest BCUT2D eigenvalue weighted by atomic mass is 9.68. The van der Waals surface area contributed by atoms with E-state index in [9.17, 15) is 0 Å². The minimum absolute atomic E-state index is 0.368. The SMILES string of the molecule is Cn1cnc(-c2csc3cc4c5ccccc5n(-c5cc6c7c(oc6o5)C(C)(C)c5ccccc5C7(C)[Si](c5ccccc5)c5ccccc5)c4cc23)c1. The molecule has 7 heteroatoms. The highest BCUT2D eigenvalue weighted by Crippen LogP contribution is 2.55. The van der Waals surface area contributed by atoms with Crippen molar-refractivity contribution in [3.05, 3.63) is 168 Å². The predicted molar refractivity (Wildman–Crippen MR) is 223 cm³/mol. The third-order valence-corrected chi connectivity index (χ3v) is 16.1. The number of fused-ring (bicyclic) bond motifs is 8. The molecule has 5 heterocycles. The lowest BCUT2D eigenvalue weighted by Crippen LogP contribution is -2.60. The average Bonchev–Trinajstić information content (AvgIpc) is 4.02. The number of furan rings is 2. The summed E-state index contributed by atoms with van der Waals surface area (Å²) in [5, 5.41) is 9.16. The van der Waals surface area contributed by atoms with Gasteiger partial charge >= 0.3 is 0 Å². The number of hydrogen-bond acceptors (Lipinski definition) is 4. The summed E-state index contributed by atoms with van der Waals surface area (Å²) in [6.07, 6.45) is 3.95. The summed E-state index contributed by atoms with van der Waals surface area (Å²) in [6, 6.07) is 46.8. The Morgan fingerprint density at radius 3 is 2.07 bits per heavy atom. The van der Waals surface area contributed by atoms with E-state index in [1.807, 2.05) is 17.9 Å². The van der Waals surface area contributed by atoms with E-state index in [4.69, 9.17) is 13.8 Å². The first-order chi connectivity index (χ1) is 26.3. The van der Waals surface area contributed by atoms with Crippen molar-refractivity contribution in [1.82, 2.24) is 14.1 Å². The van der Waals surface area contributed by atoms with Gasteiger partial charge in [0.25, 0.3) is 5.78 Å². The zero-order valence-corrected chi connectivity index (χ0v) is 32.2. The maximum atomic E-state index is 7.05. The first kappa shape index (κ1) is 31.6. The second kappa shape index (κ2) is 11.3. The van der Waals surface area contributed by atoms with Gasteiger partial charge in [-0.15, -0.1) is 11.3 Å². The molecule has 0 bridgehead atoms. The first-order valence-corrected chi connectivity index (χ1v) is 20.8. The van der Waals surface area contributed by atoms with Crippen molar-refractivity contribution in [2.45, 2.75) is 31.2 Å². The molecule has 0 fully saturated rings. The molecule has 1 atom stereocenters. The number of aromatic nitrogens is 3. The minimum Gasteiger partial charge on any atom is -0.429 e. The molecule has 1 aliphatic rings. The van der Waals surface area contributed by atoms with Crippen molar-refractivity contribution >= 4 is 73.6 Å². The highest BCUT2D eigenvalue weighted by atomic mass is 32.1. The topological polar surface area (TPSA) is 49.0 Å². The largest absolute Gasteiger partial charge is 0.429 e. The summed E-state index contributed by atoms with van der Waals surface area (Å²) >= 11 is 1.77. The van der Waals surface area contributed by atoms with Gasteiger partial charge < -0.3 is 13.4 Å². The van der Waals surface area contributed by atoms with Crippen LogP contribution in [0.15, 0.2) is 154 Å². The van der Waals surface area contributed by atoms with Crippen molar-refractivity contribution in [3.63, 3.8) is 0 Å². The van der Waals surface area contributed by atoms with Gasteiger partial charge in [0.15, 0.2) is 0 Å². The van der Waals surface area contributed by atoms with Crippen LogP contribution in [-0.2, 0) is 17.5 Å². The molecule has 1 unspecified atom stereocenters.